The zero-order valence-electron chi connectivity index (χ0n) is 13.3. The van der Waals surface area contributed by atoms with Crippen molar-refractivity contribution in [3.63, 3.8) is 0 Å². The molecule has 5 heteroatoms. The molecule has 0 aromatic carbocycles. The number of carbonyl (C=O) groups excluding carboxylic acids is 2. The molecule has 0 unspecified atom stereocenters. The van der Waals surface area contributed by atoms with Gasteiger partial charge in [-0.05, 0) is 45.2 Å². The van der Waals surface area contributed by atoms with Crippen molar-refractivity contribution in [2.75, 3.05) is 26.7 Å². The number of hydrogen-bond acceptors (Lipinski definition) is 3. The number of amides is 2. The summed E-state index contributed by atoms with van der Waals surface area (Å²) in [4.78, 5) is 23.0. The van der Waals surface area contributed by atoms with Crippen LogP contribution in [0.4, 0.5) is 0 Å². The summed E-state index contributed by atoms with van der Waals surface area (Å²) in [5, 5.41) is 8.81. The van der Waals surface area contributed by atoms with Gasteiger partial charge in [-0.15, -0.1) is 0 Å². The van der Waals surface area contributed by atoms with E-state index >= 15 is 0 Å². The zero-order chi connectivity index (χ0) is 15.2. The van der Waals surface area contributed by atoms with Crippen LogP contribution in [0.5, 0.6) is 0 Å². The maximum absolute atomic E-state index is 11.5. The summed E-state index contributed by atoms with van der Waals surface area (Å²) in [6, 6.07) is 0. The number of carbonyl (C=O) groups is 2. The van der Waals surface area contributed by atoms with E-state index in [1.165, 1.54) is 0 Å². The van der Waals surface area contributed by atoms with Crippen LogP contribution in [0.3, 0.4) is 0 Å². The molecule has 0 rings (SSSR count). The van der Waals surface area contributed by atoms with Crippen LogP contribution < -0.4 is 16.0 Å². The van der Waals surface area contributed by atoms with Crippen LogP contribution in [0.25, 0.3) is 0 Å². The lowest BCUT2D eigenvalue weighted by molar-refractivity contribution is -0.123. The fourth-order valence-corrected chi connectivity index (χ4v) is 1.74. The molecule has 0 aromatic heterocycles. The van der Waals surface area contributed by atoms with Crippen LogP contribution >= 0.6 is 0 Å². The highest BCUT2D eigenvalue weighted by atomic mass is 16.2. The Hall–Kier alpha value is -1.10. The van der Waals surface area contributed by atoms with Crippen molar-refractivity contribution >= 4 is 11.8 Å². The van der Waals surface area contributed by atoms with Gasteiger partial charge in [0, 0.05) is 25.9 Å². The molecule has 0 aliphatic heterocycles. The molecule has 0 aromatic rings. The Labute approximate surface area is 123 Å². The molecule has 0 radical (unpaired) electrons. The molecular weight excluding hydrogens is 254 g/mol. The van der Waals surface area contributed by atoms with Gasteiger partial charge in [-0.25, -0.2) is 0 Å². The molecule has 2 amide bonds. The molecule has 118 valence electrons. The molecule has 0 saturated heterocycles. The standard InChI is InChI=1S/C15H31N3O2/c1-13(2)9-12-18-15(20)8-5-4-7-14(19)17-11-6-10-16-3/h13,16H,4-12H2,1-3H3,(H,17,19)(H,18,20). The maximum atomic E-state index is 11.5. The van der Waals surface area contributed by atoms with Crippen molar-refractivity contribution in [2.45, 2.75) is 52.4 Å². The average Bonchev–Trinajstić information content (AvgIpc) is 2.39. The van der Waals surface area contributed by atoms with Gasteiger partial charge in [0.2, 0.25) is 11.8 Å². The second-order valence-electron chi connectivity index (χ2n) is 5.55. The lowest BCUT2D eigenvalue weighted by Gasteiger charge is -2.07. The topological polar surface area (TPSA) is 70.2 Å². The van der Waals surface area contributed by atoms with E-state index in [1.807, 2.05) is 7.05 Å². The minimum absolute atomic E-state index is 0.0846. The van der Waals surface area contributed by atoms with Crippen LogP contribution in [0, 0.1) is 5.92 Å². The molecule has 0 bridgehead atoms. The SMILES string of the molecule is CNCCCNC(=O)CCCCC(=O)NCCC(C)C. The van der Waals surface area contributed by atoms with Crippen molar-refractivity contribution in [1.29, 1.82) is 0 Å². The van der Waals surface area contributed by atoms with Crippen molar-refractivity contribution < 1.29 is 9.59 Å². The highest BCUT2D eigenvalue weighted by Crippen LogP contribution is 2.01. The molecule has 5 nitrogen and oxygen atoms in total. The predicted octanol–water partition coefficient (Wildman–Crippen LogP) is 1.43. The molecule has 0 aliphatic rings. The highest BCUT2D eigenvalue weighted by Gasteiger charge is 2.04. The van der Waals surface area contributed by atoms with Gasteiger partial charge in [-0.1, -0.05) is 13.8 Å². The van der Waals surface area contributed by atoms with Gasteiger partial charge in [0.05, 0.1) is 0 Å². The van der Waals surface area contributed by atoms with E-state index in [0.717, 1.165) is 45.3 Å². The van der Waals surface area contributed by atoms with Crippen LogP contribution in [0.1, 0.15) is 52.4 Å². The molecule has 0 atom stereocenters. The van der Waals surface area contributed by atoms with Crippen LogP contribution in [-0.4, -0.2) is 38.5 Å². The van der Waals surface area contributed by atoms with E-state index < -0.39 is 0 Å². The summed E-state index contributed by atoms with van der Waals surface area (Å²) < 4.78 is 0. The summed E-state index contributed by atoms with van der Waals surface area (Å²) >= 11 is 0. The first kappa shape index (κ1) is 18.9. The molecule has 3 N–H and O–H groups in total. The molecule has 0 aliphatic carbocycles. The summed E-state index contributed by atoms with van der Waals surface area (Å²) in [6.45, 7) is 6.66. The second-order valence-corrected chi connectivity index (χ2v) is 5.55. The first-order valence-corrected chi connectivity index (χ1v) is 7.74. The Morgan fingerprint density at radius 2 is 1.40 bits per heavy atom. The first-order chi connectivity index (χ1) is 9.56. The van der Waals surface area contributed by atoms with Gasteiger partial charge in [0.15, 0.2) is 0 Å². The molecular formula is C15H31N3O2. The fourth-order valence-electron chi connectivity index (χ4n) is 1.74. The summed E-state index contributed by atoms with van der Waals surface area (Å²) in [5.74, 6) is 0.795. The minimum Gasteiger partial charge on any atom is -0.356 e. The third-order valence-corrected chi connectivity index (χ3v) is 3.03. The van der Waals surface area contributed by atoms with Crippen LogP contribution in [0.2, 0.25) is 0 Å². The molecule has 0 fully saturated rings. The quantitative estimate of drug-likeness (QED) is 0.475. The van der Waals surface area contributed by atoms with Gasteiger partial charge in [0.1, 0.15) is 0 Å². The van der Waals surface area contributed by atoms with E-state index in [2.05, 4.69) is 29.8 Å². The predicted molar refractivity (Wildman–Crippen MR) is 82.5 cm³/mol. The number of hydrogen-bond donors (Lipinski definition) is 3. The summed E-state index contributed by atoms with van der Waals surface area (Å²) in [6.07, 6.45) is 4.54. The summed E-state index contributed by atoms with van der Waals surface area (Å²) in [7, 11) is 1.90. The zero-order valence-corrected chi connectivity index (χ0v) is 13.3. The lowest BCUT2D eigenvalue weighted by Crippen LogP contribution is -2.27. The van der Waals surface area contributed by atoms with Crippen molar-refractivity contribution in [2.24, 2.45) is 5.92 Å². The maximum Gasteiger partial charge on any atom is 0.219 e. The Morgan fingerprint density at radius 1 is 0.850 bits per heavy atom. The third kappa shape index (κ3) is 13.3. The number of rotatable bonds is 12. The largest absolute Gasteiger partial charge is 0.356 e. The van der Waals surface area contributed by atoms with E-state index in [9.17, 15) is 9.59 Å². The molecule has 0 heterocycles. The number of nitrogens with one attached hydrogen (secondary N) is 3. The second kappa shape index (κ2) is 12.9. The van der Waals surface area contributed by atoms with Crippen molar-refractivity contribution in [3.05, 3.63) is 0 Å². The Morgan fingerprint density at radius 3 is 1.90 bits per heavy atom. The van der Waals surface area contributed by atoms with Crippen molar-refractivity contribution in [1.82, 2.24) is 16.0 Å². The smallest absolute Gasteiger partial charge is 0.219 e. The summed E-state index contributed by atoms with van der Waals surface area (Å²) in [5.41, 5.74) is 0. The lowest BCUT2D eigenvalue weighted by atomic mass is 10.1. The molecule has 0 spiro atoms. The Kier molecular flexibility index (Phi) is 12.2. The monoisotopic (exact) mass is 285 g/mol. The van der Waals surface area contributed by atoms with E-state index in [4.69, 9.17) is 0 Å². The molecule has 20 heavy (non-hydrogen) atoms. The van der Waals surface area contributed by atoms with E-state index in [0.29, 0.717) is 18.8 Å². The van der Waals surface area contributed by atoms with Crippen LogP contribution in [0.15, 0.2) is 0 Å². The minimum atomic E-state index is 0.0846. The normalized spacial score (nSPS) is 10.6. The Bertz CT molecular complexity index is 268. The van der Waals surface area contributed by atoms with Gasteiger partial charge >= 0.3 is 0 Å². The van der Waals surface area contributed by atoms with Crippen LogP contribution in [-0.2, 0) is 9.59 Å². The molecule has 0 saturated carbocycles. The third-order valence-electron chi connectivity index (χ3n) is 3.03. The number of unbranched alkanes of at least 4 members (excludes halogenated alkanes) is 1. The van der Waals surface area contributed by atoms with Gasteiger partial charge < -0.3 is 16.0 Å². The highest BCUT2D eigenvalue weighted by molar-refractivity contribution is 5.77. The first-order valence-electron chi connectivity index (χ1n) is 7.74. The van der Waals surface area contributed by atoms with Gasteiger partial charge in [0.25, 0.3) is 0 Å². The Balaban J connectivity index is 3.37. The fraction of sp³-hybridized carbons (Fsp3) is 0.867. The van der Waals surface area contributed by atoms with Gasteiger partial charge in [-0.3, -0.25) is 9.59 Å². The van der Waals surface area contributed by atoms with E-state index in [-0.39, 0.29) is 11.8 Å². The van der Waals surface area contributed by atoms with Gasteiger partial charge in [-0.2, -0.15) is 0 Å². The van der Waals surface area contributed by atoms with E-state index in [1.54, 1.807) is 0 Å². The van der Waals surface area contributed by atoms with Crippen molar-refractivity contribution in [3.8, 4) is 0 Å². The average molecular weight is 285 g/mol.